The third-order valence-corrected chi connectivity index (χ3v) is 4.19. The van der Waals surface area contributed by atoms with E-state index >= 15 is 0 Å². The highest BCUT2D eigenvalue weighted by molar-refractivity contribution is 4.84. The summed E-state index contributed by atoms with van der Waals surface area (Å²) in [6.45, 7) is 7.07. The van der Waals surface area contributed by atoms with Gasteiger partial charge in [0.2, 0.25) is 0 Å². The van der Waals surface area contributed by atoms with E-state index in [2.05, 4.69) is 26.1 Å². The van der Waals surface area contributed by atoms with E-state index < -0.39 is 0 Å². The van der Waals surface area contributed by atoms with Crippen molar-refractivity contribution in [3.05, 3.63) is 0 Å². The van der Waals surface area contributed by atoms with Crippen LogP contribution in [0.15, 0.2) is 0 Å². The van der Waals surface area contributed by atoms with Crippen molar-refractivity contribution in [2.24, 2.45) is 5.92 Å². The van der Waals surface area contributed by atoms with Gasteiger partial charge < -0.3 is 5.32 Å². The van der Waals surface area contributed by atoms with Gasteiger partial charge in [0.15, 0.2) is 0 Å². The predicted molar refractivity (Wildman–Crippen MR) is 77.4 cm³/mol. The Balaban J connectivity index is 1.86. The lowest BCUT2D eigenvalue weighted by Gasteiger charge is -2.21. The first-order valence-electron chi connectivity index (χ1n) is 8.00. The largest absolute Gasteiger partial charge is 0.311 e. The van der Waals surface area contributed by atoms with Gasteiger partial charge in [0.05, 0.1) is 0 Å². The molecule has 2 atom stereocenters. The number of hydrogen-bond donors (Lipinski definition) is 1. The Labute approximate surface area is 109 Å². The summed E-state index contributed by atoms with van der Waals surface area (Å²) in [6, 6.07) is 1.59. The van der Waals surface area contributed by atoms with Gasteiger partial charge in [-0.2, -0.15) is 0 Å². The molecule has 102 valence electrons. The maximum Gasteiger partial charge on any atom is 0.00708 e. The van der Waals surface area contributed by atoms with Crippen LogP contribution in [0.1, 0.15) is 85.0 Å². The summed E-state index contributed by atoms with van der Waals surface area (Å²) in [5.41, 5.74) is 0. The first-order chi connectivity index (χ1) is 8.24. The zero-order valence-corrected chi connectivity index (χ0v) is 12.3. The van der Waals surface area contributed by atoms with E-state index in [1.807, 2.05) is 0 Å². The molecule has 0 bridgehead atoms. The third kappa shape index (κ3) is 7.81. The summed E-state index contributed by atoms with van der Waals surface area (Å²) in [4.78, 5) is 0. The predicted octanol–water partition coefficient (Wildman–Crippen LogP) is 4.90. The first kappa shape index (κ1) is 15.0. The highest BCUT2D eigenvalue weighted by Crippen LogP contribution is 2.22. The number of unbranched alkanes of at least 4 members (excludes halogenated alkanes) is 6. The van der Waals surface area contributed by atoms with Crippen LogP contribution in [-0.4, -0.2) is 12.1 Å². The van der Waals surface area contributed by atoms with E-state index in [-0.39, 0.29) is 0 Å². The lowest BCUT2D eigenvalue weighted by Crippen LogP contribution is -2.33. The van der Waals surface area contributed by atoms with Crippen molar-refractivity contribution in [2.45, 2.75) is 97.1 Å². The fourth-order valence-electron chi connectivity index (χ4n) is 2.46. The number of rotatable bonds is 11. The van der Waals surface area contributed by atoms with Gasteiger partial charge in [-0.05, 0) is 32.1 Å². The lowest BCUT2D eigenvalue weighted by molar-refractivity contribution is 0.363. The smallest absolute Gasteiger partial charge is 0.00708 e. The van der Waals surface area contributed by atoms with Crippen molar-refractivity contribution >= 4 is 0 Å². The summed E-state index contributed by atoms with van der Waals surface area (Å²) in [6.07, 6.45) is 14.3. The fraction of sp³-hybridized carbons (Fsp3) is 1.00. The minimum Gasteiger partial charge on any atom is -0.311 e. The Morgan fingerprint density at radius 1 is 0.941 bits per heavy atom. The summed E-state index contributed by atoms with van der Waals surface area (Å²) >= 11 is 0. The van der Waals surface area contributed by atoms with Gasteiger partial charge in [0.25, 0.3) is 0 Å². The van der Waals surface area contributed by atoms with E-state index in [1.54, 1.807) is 0 Å². The Morgan fingerprint density at radius 3 is 2.12 bits per heavy atom. The zero-order valence-electron chi connectivity index (χ0n) is 12.3. The summed E-state index contributed by atoms with van der Waals surface area (Å²) < 4.78 is 0. The molecule has 1 heteroatoms. The van der Waals surface area contributed by atoms with E-state index in [0.29, 0.717) is 0 Å². The fourth-order valence-corrected chi connectivity index (χ4v) is 2.46. The Morgan fingerprint density at radius 2 is 1.53 bits per heavy atom. The van der Waals surface area contributed by atoms with Crippen LogP contribution < -0.4 is 5.32 Å². The van der Waals surface area contributed by atoms with Gasteiger partial charge in [-0.15, -0.1) is 0 Å². The van der Waals surface area contributed by atoms with Crippen LogP contribution in [-0.2, 0) is 0 Å². The quantitative estimate of drug-likeness (QED) is 0.505. The number of nitrogens with one attached hydrogen (secondary N) is 1. The van der Waals surface area contributed by atoms with Crippen LogP contribution in [0.3, 0.4) is 0 Å². The molecule has 0 saturated heterocycles. The van der Waals surface area contributed by atoms with E-state index in [1.165, 1.54) is 64.2 Å². The molecule has 0 radical (unpaired) electrons. The molecule has 1 aliphatic carbocycles. The second kappa shape index (κ2) is 8.97. The molecule has 0 amide bonds. The minimum absolute atomic E-state index is 0.725. The summed E-state index contributed by atoms with van der Waals surface area (Å²) in [7, 11) is 0. The van der Waals surface area contributed by atoms with Crippen LogP contribution in [0.2, 0.25) is 0 Å². The van der Waals surface area contributed by atoms with Gasteiger partial charge in [0.1, 0.15) is 0 Å². The molecule has 2 unspecified atom stereocenters. The Hall–Kier alpha value is -0.0400. The molecule has 0 aromatic carbocycles. The van der Waals surface area contributed by atoms with Gasteiger partial charge in [-0.1, -0.05) is 58.8 Å². The molecule has 0 spiro atoms. The summed E-state index contributed by atoms with van der Waals surface area (Å²) in [5.74, 6) is 0.853. The van der Waals surface area contributed by atoms with Crippen molar-refractivity contribution in [3.63, 3.8) is 0 Å². The first-order valence-corrected chi connectivity index (χ1v) is 8.00. The summed E-state index contributed by atoms with van der Waals surface area (Å²) in [5, 5.41) is 3.72. The molecular formula is C16H33N. The second-order valence-electron chi connectivity index (χ2n) is 6.12. The molecule has 1 N–H and O–H groups in total. The monoisotopic (exact) mass is 239 g/mol. The molecular weight excluding hydrogens is 206 g/mol. The minimum atomic E-state index is 0.725. The third-order valence-electron chi connectivity index (χ3n) is 4.19. The van der Waals surface area contributed by atoms with Gasteiger partial charge in [0, 0.05) is 12.1 Å². The normalized spacial score (nSPS) is 19.2. The van der Waals surface area contributed by atoms with Crippen molar-refractivity contribution in [3.8, 4) is 0 Å². The molecule has 1 rings (SSSR count). The van der Waals surface area contributed by atoms with Crippen LogP contribution in [0.4, 0.5) is 0 Å². The van der Waals surface area contributed by atoms with Crippen molar-refractivity contribution in [1.29, 1.82) is 0 Å². The molecule has 0 aromatic heterocycles. The van der Waals surface area contributed by atoms with Crippen LogP contribution in [0.25, 0.3) is 0 Å². The maximum absolute atomic E-state index is 3.72. The van der Waals surface area contributed by atoms with Crippen molar-refractivity contribution < 1.29 is 0 Å². The molecule has 0 heterocycles. The number of hydrogen-bond acceptors (Lipinski definition) is 1. The van der Waals surface area contributed by atoms with E-state index in [9.17, 15) is 0 Å². The highest BCUT2D eigenvalue weighted by Gasteiger charge is 2.24. The van der Waals surface area contributed by atoms with Crippen LogP contribution in [0.5, 0.6) is 0 Å². The Kier molecular flexibility index (Phi) is 7.92. The Bertz CT molecular complexity index is 174. The average molecular weight is 239 g/mol. The average Bonchev–Trinajstić information content (AvgIpc) is 3.11. The standard InChI is InChI=1S/C16H33N/c1-4-5-6-7-8-9-10-11-14(2)15(3)17-16-12-13-16/h14-17H,4-13H2,1-3H3. The van der Waals surface area contributed by atoms with E-state index in [0.717, 1.165) is 18.0 Å². The maximum atomic E-state index is 3.72. The zero-order chi connectivity index (χ0) is 12.5. The molecule has 1 nitrogen and oxygen atoms in total. The van der Waals surface area contributed by atoms with Gasteiger partial charge >= 0.3 is 0 Å². The molecule has 1 fully saturated rings. The lowest BCUT2D eigenvalue weighted by atomic mass is 9.96. The van der Waals surface area contributed by atoms with E-state index in [4.69, 9.17) is 0 Å². The highest BCUT2D eigenvalue weighted by atomic mass is 15.0. The van der Waals surface area contributed by atoms with Crippen molar-refractivity contribution in [1.82, 2.24) is 5.32 Å². The van der Waals surface area contributed by atoms with Crippen LogP contribution >= 0.6 is 0 Å². The molecule has 0 aromatic rings. The van der Waals surface area contributed by atoms with Crippen LogP contribution in [0, 0.1) is 5.92 Å². The topological polar surface area (TPSA) is 12.0 Å². The van der Waals surface area contributed by atoms with Crippen molar-refractivity contribution in [2.75, 3.05) is 0 Å². The second-order valence-corrected chi connectivity index (χ2v) is 6.12. The molecule has 0 aliphatic heterocycles. The van der Waals surface area contributed by atoms with Gasteiger partial charge in [-0.25, -0.2) is 0 Å². The molecule has 1 saturated carbocycles. The molecule has 1 aliphatic rings. The SMILES string of the molecule is CCCCCCCCCC(C)C(C)NC1CC1. The van der Waals surface area contributed by atoms with Gasteiger partial charge in [-0.3, -0.25) is 0 Å². The molecule has 17 heavy (non-hydrogen) atoms.